The second-order valence-corrected chi connectivity index (χ2v) is 7.43. The van der Waals surface area contributed by atoms with Crippen molar-refractivity contribution in [2.24, 2.45) is 0 Å². The predicted octanol–water partition coefficient (Wildman–Crippen LogP) is 1.91. The average Bonchev–Trinajstić information content (AvgIpc) is 2.52. The maximum Gasteiger partial charge on any atom is 0.154 e. The summed E-state index contributed by atoms with van der Waals surface area (Å²) in [4.78, 5) is 0. The number of ether oxygens (including phenoxy) is 1. The van der Waals surface area contributed by atoms with Gasteiger partial charge >= 0.3 is 0 Å². The van der Waals surface area contributed by atoms with Crippen molar-refractivity contribution in [3.8, 4) is 5.75 Å². The van der Waals surface area contributed by atoms with Gasteiger partial charge in [0.15, 0.2) is 9.84 Å². The number of nitrogen functional groups attached to an aromatic ring is 1. The number of hydrogen-bond acceptors (Lipinski definition) is 4. The Morgan fingerprint density at radius 3 is 2.71 bits per heavy atom. The highest BCUT2D eigenvalue weighted by atomic mass is 79.9. The highest BCUT2D eigenvalue weighted by Crippen LogP contribution is 2.32. The summed E-state index contributed by atoms with van der Waals surface area (Å²) < 4.78 is 29.3. The van der Waals surface area contributed by atoms with Crippen LogP contribution in [0.5, 0.6) is 5.75 Å². The van der Waals surface area contributed by atoms with Gasteiger partial charge in [0, 0.05) is 4.47 Å². The second-order valence-electron chi connectivity index (χ2n) is 4.28. The molecular weight excluding hydrogens is 306 g/mol. The minimum absolute atomic E-state index is 0.0853. The van der Waals surface area contributed by atoms with Gasteiger partial charge in [0.1, 0.15) is 11.9 Å². The third kappa shape index (κ3) is 2.93. The predicted molar refractivity (Wildman–Crippen MR) is 71.0 cm³/mol. The lowest BCUT2D eigenvalue weighted by Crippen LogP contribution is -2.19. The standard InChI is InChI=1S/C11H14BrNO3S/c1-7-4-8(12)5-10(13)11(7)16-9-2-3-17(14,15)6-9/h4-5,9H,2-3,6,13H2,1H3. The average molecular weight is 320 g/mol. The Morgan fingerprint density at radius 2 is 2.18 bits per heavy atom. The molecule has 1 aromatic carbocycles. The number of hydrogen-bond donors (Lipinski definition) is 1. The molecule has 0 bridgehead atoms. The molecule has 1 saturated heterocycles. The molecule has 2 N–H and O–H groups in total. The first-order valence-electron chi connectivity index (χ1n) is 5.30. The first kappa shape index (κ1) is 12.7. The van der Waals surface area contributed by atoms with Crippen LogP contribution in [0, 0.1) is 6.92 Å². The van der Waals surface area contributed by atoms with Gasteiger partial charge < -0.3 is 10.5 Å². The van der Waals surface area contributed by atoms with E-state index in [9.17, 15) is 8.42 Å². The van der Waals surface area contributed by atoms with E-state index in [1.807, 2.05) is 13.0 Å². The first-order valence-corrected chi connectivity index (χ1v) is 7.91. The summed E-state index contributed by atoms with van der Waals surface area (Å²) in [6.45, 7) is 1.89. The van der Waals surface area contributed by atoms with Crippen LogP contribution < -0.4 is 10.5 Å². The number of benzene rings is 1. The molecule has 6 heteroatoms. The third-order valence-corrected chi connectivity index (χ3v) is 4.94. The molecule has 1 aromatic rings. The summed E-state index contributed by atoms with van der Waals surface area (Å²) in [6.07, 6.45) is 0.263. The zero-order valence-corrected chi connectivity index (χ0v) is 11.8. The Bertz CT molecular complexity index is 519. The molecule has 1 fully saturated rings. The molecule has 1 atom stereocenters. The molecule has 1 aliphatic heterocycles. The molecule has 0 aromatic heterocycles. The van der Waals surface area contributed by atoms with Crippen molar-refractivity contribution in [1.29, 1.82) is 0 Å². The van der Waals surface area contributed by atoms with E-state index in [0.717, 1.165) is 10.0 Å². The van der Waals surface area contributed by atoms with Crippen molar-refractivity contribution in [3.63, 3.8) is 0 Å². The van der Waals surface area contributed by atoms with Crippen LogP contribution in [0.2, 0.25) is 0 Å². The van der Waals surface area contributed by atoms with Crippen molar-refractivity contribution >= 4 is 31.5 Å². The van der Waals surface area contributed by atoms with Crippen molar-refractivity contribution < 1.29 is 13.2 Å². The number of anilines is 1. The normalized spacial score (nSPS) is 22.6. The molecule has 0 radical (unpaired) electrons. The summed E-state index contributed by atoms with van der Waals surface area (Å²) in [6, 6.07) is 3.65. The second kappa shape index (κ2) is 4.49. The number of rotatable bonds is 2. The van der Waals surface area contributed by atoms with E-state index >= 15 is 0 Å². The van der Waals surface area contributed by atoms with Gasteiger partial charge in [0.2, 0.25) is 0 Å². The Morgan fingerprint density at radius 1 is 1.47 bits per heavy atom. The molecule has 0 aliphatic carbocycles. The van der Waals surface area contributed by atoms with E-state index in [0.29, 0.717) is 17.9 Å². The van der Waals surface area contributed by atoms with Crippen LogP contribution in [-0.4, -0.2) is 26.0 Å². The Hall–Kier alpha value is -0.750. The van der Waals surface area contributed by atoms with Crippen molar-refractivity contribution in [1.82, 2.24) is 0 Å². The van der Waals surface area contributed by atoms with E-state index in [2.05, 4.69) is 15.9 Å². The minimum Gasteiger partial charge on any atom is -0.487 e. The fraction of sp³-hybridized carbons (Fsp3) is 0.455. The van der Waals surface area contributed by atoms with Gasteiger partial charge in [-0.25, -0.2) is 8.42 Å². The molecule has 0 saturated carbocycles. The van der Waals surface area contributed by atoms with Gasteiger partial charge in [-0.15, -0.1) is 0 Å². The summed E-state index contributed by atoms with van der Waals surface area (Å²) >= 11 is 3.35. The molecular formula is C11H14BrNO3S. The van der Waals surface area contributed by atoms with Crippen LogP contribution in [0.3, 0.4) is 0 Å². The number of halogens is 1. The van der Waals surface area contributed by atoms with Crippen LogP contribution in [0.25, 0.3) is 0 Å². The van der Waals surface area contributed by atoms with Crippen molar-refractivity contribution in [2.45, 2.75) is 19.4 Å². The van der Waals surface area contributed by atoms with Crippen molar-refractivity contribution in [3.05, 3.63) is 22.2 Å². The summed E-state index contributed by atoms with van der Waals surface area (Å²) in [5.74, 6) is 0.880. The molecule has 4 nitrogen and oxygen atoms in total. The quantitative estimate of drug-likeness (QED) is 0.845. The van der Waals surface area contributed by atoms with E-state index in [4.69, 9.17) is 10.5 Å². The van der Waals surface area contributed by atoms with E-state index in [1.165, 1.54) is 0 Å². The smallest absolute Gasteiger partial charge is 0.154 e. The van der Waals surface area contributed by atoms with Gasteiger partial charge in [-0.05, 0) is 31.0 Å². The largest absolute Gasteiger partial charge is 0.487 e. The number of aryl methyl sites for hydroxylation is 1. The van der Waals surface area contributed by atoms with Crippen LogP contribution in [0.15, 0.2) is 16.6 Å². The maximum atomic E-state index is 11.3. The molecule has 94 valence electrons. The van der Waals surface area contributed by atoms with Gasteiger partial charge in [-0.1, -0.05) is 15.9 Å². The monoisotopic (exact) mass is 319 g/mol. The number of sulfone groups is 1. The number of nitrogens with two attached hydrogens (primary N) is 1. The summed E-state index contributed by atoms with van der Waals surface area (Å²) in [5, 5.41) is 0. The Kier molecular flexibility index (Phi) is 3.36. The lowest BCUT2D eigenvalue weighted by atomic mass is 10.2. The zero-order chi connectivity index (χ0) is 12.6. The third-order valence-electron chi connectivity index (χ3n) is 2.74. The molecule has 2 rings (SSSR count). The van der Waals surface area contributed by atoms with Crippen molar-refractivity contribution in [2.75, 3.05) is 17.2 Å². The lowest BCUT2D eigenvalue weighted by Gasteiger charge is -2.16. The molecule has 17 heavy (non-hydrogen) atoms. The van der Waals surface area contributed by atoms with Gasteiger partial charge in [0.05, 0.1) is 17.2 Å². The minimum atomic E-state index is -2.92. The topological polar surface area (TPSA) is 69.4 Å². The highest BCUT2D eigenvalue weighted by molar-refractivity contribution is 9.10. The molecule has 1 unspecified atom stereocenters. The SMILES string of the molecule is Cc1cc(Br)cc(N)c1OC1CCS(=O)(=O)C1. The molecule has 0 spiro atoms. The van der Waals surface area contributed by atoms with E-state index in [-0.39, 0.29) is 17.6 Å². The van der Waals surface area contributed by atoms with E-state index in [1.54, 1.807) is 6.07 Å². The molecule has 0 amide bonds. The first-order chi connectivity index (χ1) is 7.87. The summed E-state index contributed by atoms with van der Waals surface area (Å²) in [7, 11) is -2.92. The van der Waals surface area contributed by atoms with Gasteiger partial charge in [-0.2, -0.15) is 0 Å². The van der Waals surface area contributed by atoms with Crippen LogP contribution in [0.4, 0.5) is 5.69 Å². The molecule has 1 aliphatic rings. The Balaban J connectivity index is 2.20. The van der Waals surface area contributed by atoms with Crippen LogP contribution in [-0.2, 0) is 9.84 Å². The summed E-state index contributed by atoms with van der Waals surface area (Å²) in [5.41, 5.74) is 7.30. The maximum absolute atomic E-state index is 11.3. The Labute approximate surface area is 109 Å². The highest BCUT2D eigenvalue weighted by Gasteiger charge is 2.30. The van der Waals surface area contributed by atoms with E-state index < -0.39 is 9.84 Å². The van der Waals surface area contributed by atoms with Gasteiger partial charge in [-0.3, -0.25) is 0 Å². The fourth-order valence-electron chi connectivity index (χ4n) is 1.94. The van der Waals surface area contributed by atoms with Crippen LogP contribution >= 0.6 is 15.9 Å². The zero-order valence-electron chi connectivity index (χ0n) is 9.44. The molecule has 1 heterocycles. The van der Waals surface area contributed by atoms with Gasteiger partial charge in [0.25, 0.3) is 0 Å². The fourth-order valence-corrected chi connectivity index (χ4v) is 4.12. The lowest BCUT2D eigenvalue weighted by molar-refractivity contribution is 0.228. The van der Waals surface area contributed by atoms with Crippen LogP contribution in [0.1, 0.15) is 12.0 Å².